The normalized spacial score (nSPS) is 10.8. The molecule has 0 aliphatic carbocycles. The van der Waals surface area contributed by atoms with Gasteiger partial charge >= 0.3 is 0 Å². The maximum absolute atomic E-state index is 13.0. The fraction of sp³-hybridized carbons (Fsp3) is 0.192. The molecule has 174 valence electrons. The Morgan fingerprint density at radius 2 is 1.91 bits per heavy atom. The molecule has 0 saturated heterocycles. The van der Waals surface area contributed by atoms with Crippen molar-refractivity contribution in [2.45, 2.75) is 20.4 Å². The molecule has 0 fully saturated rings. The lowest BCUT2D eigenvalue weighted by atomic mass is 10.1. The third-order valence-corrected chi connectivity index (χ3v) is 5.63. The van der Waals surface area contributed by atoms with Crippen LogP contribution in [0.5, 0.6) is 5.75 Å². The number of aryl methyl sites for hydroxylation is 2. The van der Waals surface area contributed by atoms with Gasteiger partial charge in [0.1, 0.15) is 17.1 Å². The first-order chi connectivity index (χ1) is 16.3. The summed E-state index contributed by atoms with van der Waals surface area (Å²) >= 11 is 0. The van der Waals surface area contributed by atoms with Crippen molar-refractivity contribution in [2.75, 3.05) is 25.2 Å². The van der Waals surface area contributed by atoms with Gasteiger partial charge in [0.25, 0.3) is 11.8 Å². The van der Waals surface area contributed by atoms with E-state index in [9.17, 15) is 9.59 Å². The number of nitrogens with zero attached hydrogens (tertiary/aromatic N) is 2. The molecular formula is C26H27N5O3. The molecule has 0 bridgehead atoms. The number of nitrogen functional groups attached to an aromatic ring is 1. The number of hydrogen-bond acceptors (Lipinski definition) is 5. The Morgan fingerprint density at radius 3 is 2.65 bits per heavy atom. The number of anilines is 2. The first-order valence-electron chi connectivity index (χ1n) is 10.8. The number of ether oxygens (including phenoxy) is 1. The number of H-pyrrole nitrogens is 1. The molecule has 0 saturated carbocycles. The van der Waals surface area contributed by atoms with E-state index in [0.717, 1.165) is 22.5 Å². The number of imidazole rings is 1. The van der Waals surface area contributed by atoms with Crippen LogP contribution in [0.2, 0.25) is 0 Å². The molecule has 1 heterocycles. The highest BCUT2D eigenvalue weighted by atomic mass is 16.5. The highest BCUT2D eigenvalue weighted by Crippen LogP contribution is 2.26. The molecule has 0 aliphatic rings. The molecule has 2 amide bonds. The van der Waals surface area contributed by atoms with Gasteiger partial charge in [-0.3, -0.25) is 9.59 Å². The number of aromatic amines is 1. The molecular weight excluding hydrogens is 430 g/mol. The van der Waals surface area contributed by atoms with Crippen LogP contribution in [0.25, 0.3) is 11.0 Å². The van der Waals surface area contributed by atoms with Crippen molar-refractivity contribution in [2.24, 2.45) is 0 Å². The smallest absolute Gasteiger partial charge is 0.259 e. The number of nitrogens with two attached hydrogens (primary N) is 1. The largest absolute Gasteiger partial charge is 0.496 e. The van der Waals surface area contributed by atoms with Crippen LogP contribution in [0.3, 0.4) is 0 Å². The Labute approximate surface area is 197 Å². The monoisotopic (exact) mass is 457 g/mol. The van der Waals surface area contributed by atoms with Crippen molar-refractivity contribution >= 4 is 34.2 Å². The minimum absolute atomic E-state index is 0.206. The summed E-state index contributed by atoms with van der Waals surface area (Å²) in [6, 6.07) is 16.1. The van der Waals surface area contributed by atoms with Gasteiger partial charge in [-0.05, 0) is 61.4 Å². The predicted molar refractivity (Wildman–Crippen MR) is 133 cm³/mol. The van der Waals surface area contributed by atoms with Crippen molar-refractivity contribution in [3.05, 3.63) is 82.7 Å². The number of para-hydroxylation sites is 1. The summed E-state index contributed by atoms with van der Waals surface area (Å²) in [5.74, 6) is 0.498. The van der Waals surface area contributed by atoms with Crippen molar-refractivity contribution in [3.8, 4) is 5.75 Å². The Bertz CT molecular complexity index is 1390. The van der Waals surface area contributed by atoms with Gasteiger partial charge in [0.2, 0.25) is 0 Å². The molecule has 4 rings (SSSR count). The number of nitrogens with one attached hydrogen (secondary N) is 2. The summed E-state index contributed by atoms with van der Waals surface area (Å²) in [6.07, 6.45) is 0. The zero-order valence-corrected chi connectivity index (χ0v) is 19.6. The van der Waals surface area contributed by atoms with E-state index >= 15 is 0 Å². The maximum atomic E-state index is 13.0. The predicted octanol–water partition coefficient (Wildman–Crippen LogP) is 4.30. The Balaban J connectivity index is 1.54. The number of carbonyl (C=O) groups excluding carboxylic acids is 2. The van der Waals surface area contributed by atoms with Crippen LogP contribution in [0.4, 0.5) is 11.4 Å². The SMILES string of the molecule is COc1cc(C(=O)N(C)Cc2ccc(C)cc2N)ccc1C(=O)Nc1cccc2[nH]c(C)nc12. The average Bonchev–Trinajstić information content (AvgIpc) is 3.21. The third-order valence-electron chi connectivity index (χ3n) is 5.63. The zero-order chi connectivity index (χ0) is 24.4. The van der Waals surface area contributed by atoms with Gasteiger partial charge in [0.05, 0.1) is 23.9 Å². The molecule has 8 heteroatoms. The van der Waals surface area contributed by atoms with Gasteiger partial charge in [-0.25, -0.2) is 4.98 Å². The van der Waals surface area contributed by atoms with Crippen LogP contribution in [0.1, 0.15) is 37.7 Å². The van der Waals surface area contributed by atoms with E-state index in [-0.39, 0.29) is 11.8 Å². The number of methoxy groups -OCH3 is 1. The van der Waals surface area contributed by atoms with Crippen LogP contribution in [0.15, 0.2) is 54.6 Å². The fourth-order valence-corrected chi connectivity index (χ4v) is 3.86. The summed E-state index contributed by atoms with van der Waals surface area (Å²) in [7, 11) is 3.18. The zero-order valence-electron chi connectivity index (χ0n) is 19.6. The highest BCUT2D eigenvalue weighted by molar-refractivity contribution is 6.10. The molecule has 0 radical (unpaired) electrons. The van der Waals surface area contributed by atoms with Gasteiger partial charge in [-0.2, -0.15) is 0 Å². The van der Waals surface area contributed by atoms with E-state index in [4.69, 9.17) is 10.5 Å². The van der Waals surface area contributed by atoms with Gasteiger partial charge in [-0.1, -0.05) is 18.2 Å². The molecule has 0 unspecified atom stereocenters. The summed E-state index contributed by atoms with van der Waals surface area (Å²) in [5, 5.41) is 2.89. The van der Waals surface area contributed by atoms with Gasteiger partial charge < -0.3 is 25.7 Å². The minimum Gasteiger partial charge on any atom is -0.496 e. The molecule has 1 aromatic heterocycles. The lowest BCUT2D eigenvalue weighted by molar-refractivity contribution is 0.0784. The van der Waals surface area contributed by atoms with Gasteiger partial charge in [0.15, 0.2) is 0 Å². The first kappa shape index (κ1) is 22.8. The molecule has 8 nitrogen and oxygen atoms in total. The van der Waals surface area contributed by atoms with E-state index in [2.05, 4.69) is 15.3 Å². The molecule has 3 aromatic carbocycles. The van der Waals surface area contributed by atoms with Crippen molar-refractivity contribution in [1.82, 2.24) is 14.9 Å². The average molecular weight is 458 g/mol. The fourth-order valence-electron chi connectivity index (χ4n) is 3.86. The molecule has 0 spiro atoms. The molecule has 34 heavy (non-hydrogen) atoms. The Hall–Kier alpha value is -4.33. The van der Waals surface area contributed by atoms with Crippen LogP contribution in [-0.4, -0.2) is 40.8 Å². The van der Waals surface area contributed by atoms with E-state index < -0.39 is 0 Å². The second kappa shape index (κ2) is 9.27. The first-order valence-corrected chi connectivity index (χ1v) is 10.8. The van der Waals surface area contributed by atoms with Crippen molar-refractivity contribution < 1.29 is 14.3 Å². The topological polar surface area (TPSA) is 113 Å². The quantitative estimate of drug-likeness (QED) is 0.374. The number of rotatable bonds is 6. The number of hydrogen-bond donors (Lipinski definition) is 3. The number of aromatic nitrogens is 2. The lowest BCUT2D eigenvalue weighted by Crippen LogP contribution is -2.27. The van der Waals surface area contributed by atoms with Gasteiger partial charge in [0, 0.05) is 24.8 Å². The number of amides is 2. The maximum Gasteiger partial charge on any atom is 0.259 e. The molecule has 4 N–H and O–H groups in total. The third kappa shape index (κ3) is 4.56. The van der Waals surface area contributed by atoms with Crippen molar-refractivity contribution in [3.63, 3.8) is 0 Å². The van der Waals surface area contributed by atoms with E-state index in [1.54, 1.807) is 36.2 Å². The highest BCUT2D eigenvalue weighted by Gasteiger charge is 2.19. The summed E-state index contributed by atoms with van der Waals surface area (Å²) < 4.78 is 5.44. The molecule has 0 aliphatic heterocycles. The van der Waals surface area contributed by atoms with E-state index in [1.165, 1.54) is 7.11 Å². The van der Waals surface area contributed by atoms with Crippen molar-refractivity contribution in [1.29, 1.82) is 0 Å². The van der Waals surface area contributed by atoms with Gasteiger partial charge in [-0.15, -0.1) is 0 Å². The molecule has 4 aromatic rings. The number of carbonyl (C=O) groups is 2. The lowest BCUT2D eigenvalue weighted by Gasteiger charge is -2.19. The second-order valence-corrected chi connectivity index (χ2v) is 8.26. The van der Waals surface area contributed by atoms with Crippen LogP contribution in [-0.2, 0) is 6.54 Å². The van der Waals surface area contributed by atoms with Crippen LogP contribution >= 0.6 is 0 Å². The number of fused-ring (bicyclic) bond motifs is 1. The number of benzene rings is 3. The second-order valence-electron chi connectivity index (χ2n) is 8.26. The molecule has 0 atom stereocenters. The summed E-state index contributed by atoms with van der Waals surface area (Å²) in [5.41, 5.74) is 11.5. The Kier molecular flexibility index (Phi) is 6.23. The van der Waals surface area contributed by atoms with E-state index in [1.807, 2.05) is 44.2 Å². The summed E-state index contributed by atoms with van der Waals surface area (Å²) in [6.45, 7) is 4.19. The van der Waals surface area contributed by atoms with Crippen LogP contribution in [0, 0.1) is 13.8 Å². The standard InChI is InChI=1S/C26H27N5O3/c1-15-8-9-18(20(27)12-15)14-31(3)26(33)17-10-11-19(23(13-17)34-4)25(32)30-22-7-5-6-21-24(22)29-16(2)28-21/h5-13H,14,27H2,1-4H3,(H,28,29)(H,30,32). The summed E-state index contributed by atoms with van der Waals surface area (Å²) in [4.78, 5) is 35.2. The minimum atomic E-state index is -0.357. The van der Waals surface area contributed by atoms with E-state index in [0.29, 0.717) is 40.3 Å². The Morgan fingerprint density at radius 1 is 1.12 bits per heavy atom. The van der Waals surface area contributed by atoms with Crippen LogP contribution < -0.4 is 15.8 Å².